The van der Waals surface area contributed by atoms with Crippen LogP contribution in [0.2, 0.25) is 0 Å². The zero-order valence-corrected chi connectivity index (χ0v) is 15.2. The molecule has 0 unspecified atom stereocenters. The van der Waals surface area contributed by atoms with Gasteiger partial charge in [-0.25, -0.2) is 13.4 Å². The van der Waals surface area contributed by atoms with Crippen LogP contribution in [0.5, 0.6) is 0 Å². The largest absolute Gasteiger partial charge is 0.337 e. The van der Waals surface area contributed by atoms with Gasteiger partial charge >= 0.3 is 0 Å². The Hall–Kier alpha value is -2.21. The van der Waals surface area contributed by atoms with E-state index in [2.05, 4.69) is 9.88 Å². The van der Waals surface area contributed by atoms with Crippen LogP contribution in [0.4, 0.5) is 0 Å². The Labute approximate surface area is 148 Å². The molecule has 2 heterocycles. The fourth-order valence-corrected chi connectivity index (χ4v) is 4.41. The minimum atomic E-state index is -3.51. The number of hydrogen-bond acceptors (Lipinski definition) is 5. The van der Waals surface area contributed by atoms with Crippen molar-refractivity contribution in [1.82, 2.24) is 18.8 Å². The second-order valence-corrected chi connectivity index (χ2v) is 8.16. The van der Waals surface area contributed by atoms with Crippen LogP contribution in [0.15, 0.2) is 35.4 Å². The van der Waals surface area contributed by atoms with Gasteiger partial charge in [0.2, 0.25) is 10.0 Å². The molecular weight excluding hydrogens is 338 g/mol. The van der Waals surface area contributed by atoms with Crippen molar-refractivity contribution >= 4 is 10.0 Å². The van der Waals surface area contributed by atoms with Gasteiger partial charge in [-0.2, -0.15) is 9.57 Å². The SMILES string of the molecule is Cc1cn(C)c(CN2CCN(S(=O)(=O)c3ccc(C#N)cc3)CC2)n1. The Morgan fingerprint density at radius 1 is 1.16 bits per heavy atom. The first-order valence-electron chi connectivity index (χ1n) is 8.11. The highest BCUT2D eigenvalue weighted by atomic mass is 32.2. The van der Waals surface area contributed by atoms with Gasteiger partial charge in [-0.15, -0.1) is 0 Å². The summed E-state index contributed by atoms with van der Waals surface area (Å²) in [6.07, 6.45) is 1.99. The predicted octanol–water partition coefficient (Wildman–Crippen LogP) is 1.11. The zero-order valence-electron chi connectivity index (χ0n) is 14.4. The molecule has 0 bridgehead atoms. The number of imidazole rings is 1. The molecule has 0 amide bonds. The van der Waals surface area contributed by atoms with Crippen LogP contribution in [0.1, 0.15) is 17.1 Å². The minimum absolute atomic E-state index is 0.236. The van der Waals surface area contributed by atoms with Crippen LogP contribution in [0.3, 0.4) is 0 Å². The van der Waals surface area contributed by atoms with Crippen LogP contribution in [-0.4, -0.2) is 53.4 Å². The highest BCUT2D eigenvalue weighted by Crippen LogP contribution is 2.19. The molecule has 1 aliphatic rings. The predicted molar refractivity (Wildman–Crippen MR) is 93.1 cm³/mol. The average Bonchev–Trinajstić information content (AvgIpc) is 2.92. The van der Waals surface area contributed by atoms with Gasteiger partial charge in [0.1, 0.15) is 5.82 Å². The van der Waals surface area contributed by atoms with Gasteiger partial charge < -0.3 is 4.57 Å². The number of aryl methyl sites for hydroxylation is 2. The number of piperazine rings is 1. The number of nitriles is 1. The average molecular weight is 359 g/mol. The third-order valence-electron chi connectivity index (χ3n) is 4.41. The van der Waals surface area contributed by atoms with Crippen molar-refractivity contribution in [3.05, 3.63) is 47.5 Å². The van der Waals surface area contributed by atoms with Gasteiger partial charge in [-0.05, 0) is 31.2 Å². The van der Waals surface area contributed by atoms with E-state index in [1.54, 1.807) is 0 Å². The van der Waals surface area contributed by atoms with E-state index in [-0.39, 0.29) is 4.90 Å². The third kappa shape index (κ3) is 3.74. The summed E-state index contributed by atoms with van der Waals surface area (Å²) in [5.41, 5.74) is 1.44. The summed E-state index contributed by atoms with van der Waals surface area (Å²) in [5, 5.41) is 8.83. The molecule has 1 fully saturated rings. The van der Waals surface area contributed by atoms with Gasteiger partial charge in [0, 0.05) is 39.4 Å². The standard InChI is InChI=1S/C17H21N5O2S/c1-14-12-20(2)17(19-14)13-21-7-9-22(10-8-21)25(23,24)16-5-3-15(11-18)4-6-16/h3-6,12H,7-10,13H2,1-2H3. The molecule has 8 heteroatoms. The van der Waals surface area contributed by atoms with Gasteiger partial charge in [-0.3, -0.25) is 4.90 Å². The number of sulfonamides is 1. The molecule has 0 atom stereocenters. The second kappa shape index (κ2) is 6.96. The molecule has 1 aliphatic heterocycles. The van der Waals surface area contributed by atoms with Gasteiger partial charge in [0.15, 0.2) is 0 Å². The quantitative estimate of drug-likeness (QED) is 0.817. The first kappa shape index (κ1) is 17.6. The first-order chi connectivity index (χ1) is 11.9. The molecule has 1 saturated heterocycles. The molecule has 3 rings (SSSR count). The number of rotatable bonds is 4. The van der Waals surface area contributed by atoms with Crippen LogP contribution >= 0.6 is 0 Å². The minimum Gasteiger partial charge on any atom is -0.337 e. The molecule has 0 spiro atoms. The van der Waals surface area contributed by atoms with Gasteiger partial charge in [-0.1, -0.05) is 0 Å². The lowest BCUT2D eigenvalue weighted by molar-refractivity contribution is 0.177. The molecule has 7 nitrogen and oxygen atoms in total. The van der Waals surface area contributed by atoms with E-state index < -0.39 is 10.0 Å². The fraction of sp³-hybridized carbons (Fsp3) is 0.412. The summed E-state index contributed by atoms with van der Waals surface area (Å²) < 4.78 is 29.0. The number of benzene rings is 1. The highest BCUT2D eigenvalue weighted by Gasteiger charge is 2.28. The van der Waals surface area contributed by atoms with Crippen LogP contribution in [0, 0.1) is 18.3 Å². The fourth-order valence-electron chi connectivity index (χ4n) is 2.99. The summed E-state index contributed by atoms with van der Waals surface area (Å²) in [7, 11) is -1.54. The number of nitrogens with zero attached hydrogens (tertiary/aromatic N) is 5. The Bertz CT molecular complexity index is 888. The van der Waals surface area contributed by atoms with Gasteiger partial charge in [0.25, 0.3) is 0 Å². The van der Waals surface area contributed by atoms with Crippen molar-refractivity contribution in [3.8, 4) is 6.07 Å². The van der Waals surface area contributed by atoms with Crippen LogP contribution in [0.25, 0.3) is 0 Å². The summed E-state index contributed by atoms with van der Waals surface area (Å²) >= 11 is 0. The molecule has 25 heavy (non-hydrogen) atoms. The number of hydrogen-bond donors (Lipinski definition) is 0. The van der Waals surface area contributed by atoms with E-state index in [1.807, 2.05) is 30.8 Å². The zero-order chi connectivity index (χ0) is 18.0. The smallest absolute Gasteiger partial charge is 0.243 e. The first-order valence-corrected chi connectivity index (χ1v) is 9.55. The van der Waals surface area contributed by atoms with E-state index in [0.29, 0.717) is 31.7 Å². The Morgan fingerprint density at radius 3 is 2.32 bits per heavy atom. The van der Waals surface area contributed by atoms with E-state index in [4.69, 9.17) is 5.26 Å². The highest BCUT2D eigenvalue weighted by molar-refractivity contribution is 7.89. The van der Waals surface area contributed by atoms with Crippen molar-refractivity contribution in [2.45, 2.75) is 18.4 Å². The molecule has 0 aliphatic carbocycles. The topological polar surface area (TPSA) is 82.2 Å². The summed E-state index contributed by atoms with van der Waals surface area (Å²) in [4.78, 5) is 6.95. The van der Waals surface area contributed by atoms with Crippen molar-refractivity contribution in [2.24, 2.45) is 7.05 Å². The normalized spacial score (nSPS) is 16.7. The Balaban J connectivity index is 1.64. The van der Waals surface area contributed by atoms with Crippen molar-refractivity contribution in [3.63, 3.8) is 0 Å². The van der Waals surface area contributed by atoms with Crippen molar-refractivity contribution in [1.29, 1.82) is 5.26 Å². The molecule has 132 valence electrons. The summed E-state index contributed by atoms with van der Waals surface area (Å²) in [6, 6.07) is 8.06. The van der Waals surface area contributed by atoms with E-state index in [1.165, 1.54) is 28.6 Å². The maximum atomic E-state index is 12.7. The van der Waals surface area contributed by atoms with Crippen molar-refractivity contribution in [2.75, 3.05) is 26.2 Å². The maximum absolute atomic E-state index is 12.7. The molecule has 0 saturated carbocycles. The van der Waals surface area contributed by atoms with Crippen molar-refractivity contribution < 1.29 is 8.42 Å². The third-order valence-corrected chi connectivity index (χ3v) is 6.32. The molecular formula is C17H21N5O2S. The van der Waals surface area contributed by atoms with Gasteiger partial charge in [0.05, 0.1) is 28.8 Å². The number of aromatic nitrogens is 2. The molecule has 0 radical (unpaired) electrons. The monoisotopic (exact) mass is 359 g/mol. The second-order valence-electron chi connectivity index (χ2n) is 6.23. The molecule has 1 aromatic heterocycles. The lowest BCUT2D eigenvalue weighted by atomic mass is 10.2. The van der Waals surface area contributed by atoms with Crippen LogP contribution < -0.4 is 0 Å². The van der Waals surface area contributed by atoms with Crippen LogP contribution in [-0.2, 0) is 23.6 Å². The van der Waals surface area contributed by atoms with E-state index >= 15 is 0 Å². The van der Waals surface area contributed by atoms with E-state index in [9.17, 15) is 8.42 Å². The summed E-state index contributed by atoms with van der Waals surface area (Å²) in [5.74, 6) is 0.987. The Kier molecular flexibility index (Phi) is 4.90. The maximum Gasteiger partial charge on any atom is 0.243 e. The molecule has 1 aromatic carbocycles. The lowest BCUT2D eigenvalue weighted by Gasteiger charge is -2.33. The molecule has 2 aromatic rings. The molecule has 0 N–H and O–H groups in total. The Morgan fingerprint density at radius 2 is 1.80 bits per heavy atom. The van der Waals surface area contributed by atoms with E-state index in [0.717, 1.165) is 18.1 Å². The summed E-state index contributed by atoms with van der Waals surface area (Å²) in [6.45, 7) is 4.92. The lowest BCUT2D eigenvalue weighted by Crippen LogP contribution is -2.48.